The lowest BCUT2D eigenvalue weighted by Gasteiger charge is -2.16. The summed E-state index contributed by atoms with van der Waals surface area (Å²) in [4.78, 5) is 16.5. The van der Waals surface area contributed by atoms with E-state index in [4.69, 9.17) is 11.6 Å². The molecule has 0 radical (unpaired) electrons. The minimum absolute atomic E-state index is 0.0328. The van der Waals surface area contributed by atoms with Crippen LogP contribution in [-0.2, 0) is 11.3 Å². The van der Waals surface area contributed by atoms with Gasteiger partial charge in [-0.2, -0.15) is 13.2 Å². The molecule has 3 rings (SSSR count). The van der Waals surface area contributed by atoms with E-state index in [9.17, 15) is 22.4 Å². The maximum atomic E-state index is 13.9. The molecule has 0 fully saturated rings. The van der Waals surface area contributed by atoms with E-state index in [-0.39, 0.29) is 21.6 Å². The van der Waals surface area contributed by atoms with Gasteiger partial charge in [0.15, 0.2) is 5.16 Å². The van der Waals surface area contributed by atoms with Gasteiger partial charge >= 0.3 is 6.18 Å². The lowest BCUT2D eigenvalue weighted by Crippen LogP contribution is -2.24. The van der Waals surface area contributed by atoms with Gasteiger partial charge in [0.25, 0.3) is 0 Å². The Kier molecular flexibility index (Phi) is 6.72. The van der Waals surface area contributed by atoms with Crippen LogP contribution < -0.4 is 5.32 Å². The van der Waals surface area contributed by atoms with E-state index in [1.54, 1.807) is 30.3 Å². The Morgan fingerprint density at radius 1 is 1.23 bits per heavy atom. The van der Waals surface area contributed by atoms with E-state index < -0.39 is 29.7 Å². The largest absolute Gasteiger partial charge is 0.406 e. The van der Waals surface area contributed by atoms with E-state index in [2.05, 4.69) is 10.3 Å². The fourth-order valence-electron chi connectivity index (χ4n) is 2.66. The molecule has 4 nitrogen and oxygen atoms in total. The molecule has 0 saturated heterocycles. The number of hydrogen-bond acceptors (Lipinski definition) is 3. The van der Waals surface area contributed by atoms with Crippen molar-refractivity contribution in [3.8, 4) is 11.3 Å². The summed E-state index contributed by atoms with van der Waals surface area (Å²) in [5.41, 5.74) is 0.786. The second-order valence-corrected chi connectivity index (χ2v) is 8.11. The molecule has 0 bridgehead atoms. The molecular weight excluding hydrogens is 442 g/mol. The summed E-state index contributed by atoms with van der Waals surface area (Å²) in [5, 5.41) is 1.79. The monoisotopic (exact) mass is 457 g/mol. The van der Waals surface area contributed by atoms with Crippen molar-refractivity contribution in [1.29, 1.82) is 0 Å². The molecular formula is C20H16ClF4N3OS. The van der Waals surface area contributed by atoms with Gasteiger partial charge in [0.05, 0.1) is 22.8 Å². The number of halogens is 5. The average Bonchev–Trinajstić information content (AvgIpc) is 3.05. The van der Waals surface area contributed by atoms with Gasteiger partial charge in [-0.05, 0) is 30.7 Å². The number of aromatic nitrogens is 2. The molecule has 1 heterocycles. The van der Waals surface area contributed by atoms with Gasteiger partial charge in [-0.15, -0.1) is 0 Å². The van der Waals surface area contributed by atoms with Crippen molar-refractivity contribution < 1.29 is 22.4 Å². The fraction of sp³-hybridized carbons (Fsp3) is 0.200. The molecule has 0 saturated carbocycles. The van der Waals surface area contributed by atoms with Crippen LogP contribution in [0.25, 0.3) is 11.3 Å². The quantitative estimate of drug-likeness (QED) is 0.363. The van der Waals surface area contributed by atoms with E-state index in [0.717, 1.165) is 22.4 Å². The van der Waals surface area contributed by atoms with Gasteiger partial charge in [0.1, 0.15) is 12.4 Å². The van der Waals surface area contributed by atoms with Crippen molar-refractivity contribution in [2.75, 3.05) is 5.32 Å². The number of nitrogens with zero attached hydrogens (tertiary/aromatic N) is 2. The topological polar surface area (TPSA) is 46.9 Å². The summed E-state index contributed by atoms with van der Waals surface area (Å²) in [6.07, 6.45) is -3.13. The van der Waals surface area contributed by atoms with Crippen molar-refractivity contribution in [1.82, 2.24) is 9.55 Å². The standard InChI is InChI=1S/C20H16ClF4N3OS/c1-12(18(29)27-16-8-7-14(21)9-15(16)22)30-19-26-10-17(13-5-3-2-4-6-13)28(19)11-20(23,24)25/h2-10,12H,11H2,1H3,(H,27,29). The van der Waals surface area contributed by atoms with Gasteiger partial charge in [-0.3, -0.25) is 4.79 Å². The zero-order valence-electron chi connectivity index (χ0n) is 15.6. The molecule has 1 amide bonds. The minimum atomic E-state index is -4.47. The summed E-state index contributed by atoms with van der Waals surface area (Å²) < 4.78 is 54.4. The first kappa shape index (κ1) is 22.2. The molecule has 10 heteroatoms. The maximum Gasteiger partial charge on any atom is 0.406 e. The van der Waals surface area contributed by atoms with Crippen LogP contribution in [0, 0.1) is 5.82 Å². The molecule has 0 aliphatic carbocycles. The SMILES string of the molecule is CC(Sc1ncc(-c2ccccc2)n1CC(F)(F)F)C(=O)Nc1ccc(Cl)cc1F. The number of nitrogens with one attached hydrogen (secondary N) is 1. The Morgan fingerprint density at radius 3 is 2.57 bits per heavy atom. The third-order valence-electron chi connectivity index (χ3n) is 4.07. The molecule has 1 aromatic heterocycles. The van der Waals surface area contributed by atoms with Gasteiger partial charge in [0, 0.05) is 5.02 Å². The number of thioether (sulfide) groups is 1. The summed E-state index contributed by atoms with van der Waals surface area (Å²) in [6, 6.07) is 12.3. The minimum Gasteiger partial charge on any atom is -0.323 e. The Bertz CT molecular complexity index is 1040. The van der Waals surface area contributed by atoms with Crippen LogP contribution in [0.2, 0.25) is 5.02 Å². The predicted octanol–water partition coefficient (Wildman–Crippen LogP) is 6.02. The highest BCUT2D eigenvalue weighted by atomic mass is 35.5. The van der Waals surface area contributed by atoms with Crippen LogP contribution >= 0.6 is 23.4 Å². The van der Waals surface area contributed by atoms with Crippen molar-refractivity contribution in [3.05, 3.63) is 65.6 Å². The maximum absolute atomic E-state index is 13.9. The van der Waals surface area contributed by atoms with E-state index in [1.165, 1.54) is 25.3 Å². The Morgan fingerprint density at radius 2 is 1.93 bits per heavy atom. The lowest BCUT2D eigenvalue weighted by molar-refractivity contribution is -0.141. The van der Waals surface area contributed by atoms with E-state index in [0.29, 0.717) is 5.56 Å². The highest BCUT2D eigenvalue weighted by molar-refractivity contribution is 8.00. The summed E-state index contributed by atoms with van der Waals surface area (Å²) in [5.74, 6) is -1.29. The molecule has 0 aliphatic rings. The Balaban J connectivity index is 1.82. The van der Waals surface area contributed by atoms with Crippen LogP contribution in [0.4, 0.5) is 23.2 Å². The molecule has 3 aromatic rings. The number of carbonyl (C=O) groups is 1. The third kappa shape index (κ3) is 5.54. The number of hydrogen-bond donors (Lipinski definition) is 1. The van der Waals surface area contributed by atoms with Crippen LogP contribution in [-0.4, -0.2) is 26.9 Å². The summed E-state index contributed by atoms with van der Waals surface area (Å²) >= 11 is 6.54. The number of imidazole rings is 1. The zero-order chi connectivity index (χ0) is 21.9. The number of amides is 1. The van der Waals surface area contributed by atoms with Crippen molar-refractivity contribution >= 4 is 35.0 Å². The fourth-order valence-corrected chi connectivity index (χ4v) is 3.71. The first-order valence-electron chi connectivity index (χ1n) is 8.74. The molecule has 158 valence electrons. The molecule has 0 aliphatic heterocycles. The van der Waals surface area contributed by atoms with Crippen LogP contribution in [0.5, 0.6) is 0 Å². The van der Waals surface area contributed by atoms with Gasteiger partial charge < -0.3 is 9.88 Å². The molecule has 1 atom stereocenters. The first-order valence-corrected chi connectivity index (χ1v) is 10.00. The summed E-state index contributed by atoms with van der Waals surface area (Å²) in [6.45, 7) is 0.252. The number of carbonyl (C=O) groups excluding carboxylic acids is 1. The third-order valence-corrected chi connectivity index (χ3v) is 5.41. The Hall–Kier alpha value is -2.52. The average molecular weight is 458 g/mol. The lowest BCUT2D eigenvalue weighted by atomic mass is 10.2. The zero-order valence-corrected chi connectivity index (χ0v) is 17.2. The van der Waals surface area contributed by atoms with E-state index in [1.807, 2.05) is 0 Å². The van der Waals surface area contributed by atoms with E-state index >= 15 is 0 Å². The Labute approximate surface area is 179 Å². The second kappa shape index (κ2) is 9.09. The molecule has 1 N–H and O–H groups in total. The summed E-state index contributed by atoms with van der Waals surface area (Å²) in [7, 11) is 0. The van der Waals surface area contributed by atoms with Crippen molar-refractivity contribution in [2.45, 2.75) is 30.1 Å². The van der Waals surface area contributed by atoms with Crippen molar-refractivity contribution in [2.24, 2.45) is 0 Å². The molecule has 2 aromatic carbocycles. The predicted molar refractivity (Wildman–Crippen MR) is 109 cm³/mol. The van der Waals surface area contributed by atoms with Crippen LogP contribution in [0.1, 0.15) is 6.92 Å². The smallest absolute Gasteiger partial charge is 0.323 e. The highest BCUT2D eigenvalue weighted by Crippen LogP contribution is 2.32. The number of rotatable bonds is 6. The van der Waals surface area contributed by atoms with Gasteiger partial charge in [-0.25, -0.2) is 9.37 Å². The van der Waals surface area contributed by atoms with Crippen molar-refractivity contribution in [3.63, 3.8) is 0 Å². The molecule has 30 heavy (non-hydrogen) atoms. The second-order valence-electron chi connectivity index (χ2n) is 6.37. The van der Waals surface area contributed by atoms with Gasteiger partial charge in [-0.1, -0.05) is 53.7 Å². The number of anilines is 1. The van der Waals surface area contributed by atoms with Gasteiger partial charge in [0.2, 0.25) is 5.91 Å². The van der Waals surface area contributed by atoms with Crippen LogP contribution in [0.15, 0.2) is 59.9 Å². The first-order chi connectivity index (χ1) is 14.1. The number of alkyl halides is 3. The molecule has 0 spiro atoms. The number of benzene rings is 2. The molecule has 1 unspecified atom stereocenters. The van der Waals surface area contributed by atoms with Crippen LogP contribution in [0.3, 0.4) is 0 Å². The normalized spacial score (nSPS) is 12.6. The highest BCUT2D eigenvalue weighted by Gasteiger charge is 2.31.